The van der Waals surface area contributed by atoms with Gasteiger partial charge in [0.15, 0.2) is 5.82 Å². The third-order valence-electron chi connectivity index (χ3n) is 4.87. The third-order valence-corrected chi connectivity index (χ3v) is 4.87. The van der Waals surface area contributed by atoms with Crippen LogP contribution < -0.4 is 5.32 Å². The van der Waals surface area contributed by atoms with Crippen molar-refractivity contribution in [1.29, 1.82) is 0 Å². The van der Waals surface area contributed by atoms with Crippen molar-refractivity contribution >= 4 is 29.6 Å². The zero-order valence-electron chi connectivity index (χ0n) is 14.0. The Bertz CT molecular complexity index is 1030. The number of allylic oxidation sites excluding steroid dienone is 1. The first-order valence-corrected chi connectivity index (χ1v) is 8.57. The molecule has 0 amide bonds. The minimum absolute atomic E-state index is 0.0328. The molecule has 3 aromatic rings. The Kier molecular flexibility index (Phi) is 3.18. The fraction of sp³-hybridized carbons (Fsp3) is 0.150. The highest BCUT2D eigenvalue weighted by Gasteiger charge is 2.45. The highest BCUT2D eigenvalue weighted by atomic mass is 16.3. The lowest BCUT2D eigenvalue weighted by atomic mass is 10.1. The van der Waals surface area contributed by atoms with Crippen molar-refractivity contribution in [1.82, 2.24) is 15.0 Å². The Morgan fingerprint density at radius 3 is 2.77 bits per heavy atom. The number of pyridine rings is 1. The van der Waals surface area contributed by atoms with Gasteiger partial charge in [0.25, 0.3) is 0 Å². The zero-order chi connectivity index (χ0) is 17.6. The van der Waals surface area contributed by atoms with Crippen LogP contribution in [0, 0.1) is 0 Å². The predicted molar refractivity (Wildman–Crippen MR) is 101 cm³/mol. The third kappa shape index (κ3) is 2.47. The standard InChI is InChI=1S/C20H17N5O/c26-18-16(11-13-12-22-17-15(13)7-4-10-21-17)23-19(24-18)25-20(8-9-20)14-5-2-1-3-6-14/h1-7,10-12,26H,8-9H2,(H2,23,24,25)/b13-11+. The lowest BCUT2D eigenvalue weighted by Gasteiger charge is -2.16. The van der Waals surface area contributed by atoms with E-state index in [1.807, 2.05) is 36.4 Å². The van der Waals surface area contributed by atoms with Crippen molar-refractivity contribution in [2.75, 3.05) is 5.32 Å². The van der Waals surface area contributed by atoms with Gasteiger partial charge in [-0.15, -0.1) is 0 Å². The van der Waals surface area contributed by atoms with Crippen molar-refractivity contribution < 1.29 is 5.11 Å². The molecular formula is C20H17N5O. The van der Waals surface area contributed by atoms with Gasteiger partial charge < -0.3 is 15.4 Å². The van der Waals surface area contributed by atoms with E-state index in [9.17, 15) is 5.11 Å². The fourth-order valence-corrected chi connectivity index (χ4v) is 3.33. The maximum absolute atomic E-state index is 10.2. The molecule has 3 heterocycles. The summed E-state index contributed by atoms with van der Waals surface area (Å²) in [6.07, 6.45) is 7.39. The van der Waals surface area contributed by atoms with Gasteiger partial charge in [0, 0.05) is 23.5 Å². The van der Waals surface area contributed by atoms with Gasteiger partial charge >= 0.3 is 0 Å². The number of aliphatic imine (C=N–C) groups is 1. The van der Waals surface area contributed by atoms with E-state index in [0.29, 0.717) is 17.5 Å². The molecule has 2 aromatic heterocycles. The number of nitrogens with one attached hydrogen (secondary N) is 2. The number of hydrogen-bond donors (Lipinski definition) is 3. The first-order chi connectivity index (χ1) is 12.7. The van der Waals surface area contributed by atoms with Crippen molar-refractivity contribution in [2.24, 2.45) is 4.99 Å². The van der Waals surface area contributed by atoms with E-state index >= 15 is 0 Å². The van der Waals surface area contributed by atoms with E-state index < -0.39 is 0 Å². The van der Waals surface area contributed by atoms with E-state index in [4.69, 9.17) is 0 Å². The highest BCUT2D eigenvalue weighted by Crippen LogP contribution is 2.48. The monoisotopic (exact) mass is 343 g/mol. The summed E-state index contributed by atoms with van der Waals surface area (Å²) in [6.45, 7) is 0. The molecule has 0 saturated heterocycles. The molecule has 0 spiro atoms. The van der Waals surface area contributed by atoms with E-state index in [0.717, 1.165) is 24.0 Å². The number of aromatic amines is 1. The molecule has 6 nitrogen and oxygen atoms in total. The minimum atomic E-state index is -0.0959. The van der Waals surface area contributed by atoms with E-state index in [1.54, 1.807) is 12.4 Å². The molecule has 0 unspecified atom stereocenters. The summed E-state index contributed by atoms with van der Waals surface area (Å²) < 4.78 is 0. The van der Waals surface area contributed by atoms with Gasteiger partial charge in [0.1, 0.15) is 5.69 Å². The molecule has 0 bridgehead atoms. The number of imidazole rings is 1. The van der Waals surface area contributed by atoms with Crippen molar-refractivity contribution in [3.8, 4) is 5.88 Å². The number of nitrogens with zero attached hydrogens (tertiary/aromatic N) is 3. The predicted octanol–water partition coefficient (Wildman–Crippen LogP) is 3.87. The number of anilines is 1. The van der Waals surface area contributed by atoms with Gasteiger partial charge in [0.2, 0.25) is 11.8 Å². The van der Waals surface area contributed by atoms with E-state index in [1.165, 1.54) is 5.56 Å². The Morgan fingerprint density at radius 2 is 1.96 bits per heavy atom. The second-order valence-corrected chi connectivity index (χ2v) is 6.63. The lowest BCUT2D eigenvalue weighted by Crippen LogP contribution is -2.19. The minimum Gasteiger partial charge on any atom is -0.492 e. The molecule has 1 aliphatic heterocycles. The summed E-state index contributed by atoms with van der Waals surface area (Å²) in [7, 11) is 0. The zero-order valence-corrected chi connectivity index (χ0v) is 14.0. The Morgan fingerprint density at radius 1 is 1.12 bits per heavy atom. The molecule has 128 valence electrons. The number of H-pyrrole nitrogens is 1. The molecule has 1 saturated carbocycles. The maximum Gasteiger partial charge on any atom is 0.238 e. The molecule has 5 rings (SSSR count). The molecule has 2 aliphatic rings. The second kappa shape index (κ2) is 5.56. The summed E-state index contributed by atoms with van der Waals surface area (Å²) in [4.78, 5) is 15.9. The topological polar surface area (TPSA) is 86.2 Å². The Hall–Kier alpha value is -3.41. The normalized spacial score (nSPS) is 18.1. The van der Waals surface area contributed by atoms with Crippen LogP contribution in [0.2, 0.25) is 0 Å². The van der Waals surface area contributed by atoms with Gasteiger partial charge in [-0.3, -0.25) is 0 Å². The summed E-state index contributed by atoms with van der Waals surface area (Å²) >= 11 is 0. The molecule has 26 heavy (non-hydrogen) atoms. The maximum atomic E-state index is 10.2. The van der Waals surface area contributed by atoms with Crippen molar-refractivity contribution in [2.45, 2.75) is 18.4 Å². The first kappa shape index (κ1) is 14.9. The van der Waals surface area contributed by atoms with Crippen LogP contribution in [-0.2, 0) is 5.54 Å². The lowest BCUT2D eigenvalue weighted by molar-refractivity contribution is 0.455. The van der Waals surface area contributed by atoms with Gasteiger partial charge in [-0.05, 0) is 36.6 Å². The average molecular weight is 343 g/mol. The average Bonchev–Trinajstić information content (AvgIpc) is 3.22. The van der Waals surface area contributed by atoms with Gasteiger partial charge in [-0.2, -0.15) is 4.98 Å². The van der Waals surface area contributed by atoms with Crippen LogP contribution in [-0.4, -0.2) is 26.3 Å². The second-order valence-electron chi connectivity index (χ2n) is 6.63. The van der Waals surface area contributed by atoms with Crippen LogP contribution in [0.5, 0.6) is 5.88 Å². The van der Waals surface area contributed by atoms with Gasteiger partial charge in [-0.1, -0.05) is 30.3 Å². The fourth-order valence-electron chi connectivity index (χ4n) is 3.33. The molecular weight excluding hydrogens is 326 g/mol. The summed E-state index contributed by atoms with van der Waals surface area (Å²) in [6, 6.07) is 14.2. The van der Waals surface area contributed by atoms with Crippen LogP contribution in [0.1, 0.15) is 29.7 Å². The number of aromatic hydroxyl groups is 1. The van der Waals surface area contributed by atoms with E-state index in [-0.39, 0.29) is 11.4 Å². The number of hydrogen-bond acceptors (Lipinski definition) is 5. The SMILES string of the molecule is Oc1nc(NC2(c3ccccc3)CC2)[nH]c1/C=C1\C=Nc2ncccc21. The molecule has 1 aliphatic carbocycles. The molecule has 1 aromatic carbocycles. The van der Waals surface area contributed by atoms with Crippen LogP contribution in [0.15, 0.2) is 53.7 Å². The van der Waals surface area contributed by atoms with Gasteiger partial charge in [-0.25, -0.2) is 9.98 Å². The van der Waals surface area contributed by atoms with Crippen LogP contribution in [0.4, 0.5) is 11.8 Å². The quantitative estimate of drug-likeness (QED) is 0.671. The number of rotatable bonds is 4. The van der Waals surface area contributed by atoms with Crippen molar-refractivity contribution in [3.63, 3.8) is 0 Å². The Labute approximate surface area is 150 Å². The van der Waals surface area contributed by atoms with Crippen LogP contribution in [0.3, 0.4) is 0 Å². The molecule has 1 fully saturated rings. The van der Waals surface area contributed by atoms with Crippen molar-refractivity contribution in [3.05, 3.63) is 65.5 Å². The van der Waals surface area contributed by atoms with Crippen LogP contribution >= 0.6 is 0 Å². The number of aromatic nitrogens is 3. The molecule has 0 atom stereocenters. The first-order valence-electron chi connectivity index (χ1n) is 8.57. The number of fused-ring (bicyclic) bond motifs is 1. The Balaban J connectivity index is 1.43. The summed E-state index contributed by atoms with van der Waals surface area (Å²) in [5, 5.41) is 13.7. The summed E-state index contributed by atoms with van der Waals surface area (Å²) in [5.74, 6) is 1.23. The van der Waals surface area contributed by atoms with E-state index in [2.05, 4.69) is 37.4 Å². The number of benzene rings is 1. The largest absolute Gasteiger partial charge is 0.492 e. The molecule has 0 radical (unpaired) electrons. The van der Waals surface area contributed by atoms with Crippen LogP contribution in [0.25, 0.3) is 11.6 Å². The molecule has 3 N–H and O–H groups in total. The summed E-state index contributed by atoms with van der Waals surface area (Å²) in [5.41, 5.74) is 3.52. The molecule has 6 heteroatoms. The van der Waals surface area contributed by atoms with Gasteiger partial charge in [0.05, 0.1) is 5.54 Å². The smallest absolute Gasteiger partial charge is 0.238 e. The highest BCUT2D eigenvalue weighted by molar-refractivity contribution is 6.20.